The summed E-state index contributed by atoms with van der Waals surface area (Å²) < 4.78 is 50.6. The summed E-state index contributed by atoms with van der Waals surface area (Å²) in [4.78, 5) is 0. The van der Waals surface area contributed by atoms with Crippen molar-refractivity contribution < 1.29 is 108 Å². The molecule has 0 amide bonds. The number of hydrogen-bond donors (Lipinski definition) is 2. The van der Waals surface area contributed by atoms with E-state index in [1.807, 2.05) is 0 Å². The van der Waals surface area contributed by atoms with E-state index in [2.05, 4.69) is 22.4 Å². The van der Waals surface area contributed by atoms with E-state index in [-0.39, 0.29) is 80.9 Å². The molecule has 0 heterocycles. The van der Waals surface area contributed by atoms with Crippen molar-refractivity contribution in [3.63, 3.8) is 0 Å². The Morgan fingerprint density at radius 1 is 1.08 bits per heavy atom. The topological polar surface area (TPSA) is 121 Å². The molecule has 0 spiro atoms. The van der Waals surface area contributed by atoms with Crippen LogP contribution in [0.2, 0.25) is 0 Å². The predicted octanol–water partition coefficient (Wildman–Crippen LogP) is -7.32. The van der Waals surface area contributed by atoms with Crippen LogP contribution in [0.3, 0.4) is 0 Å². The van der Waals surface area contributed by atoms with Crippen molar-refractivity contribution in [1.82, 2.24) is 0 Å². The average Bonchev–Trinajstić information content (AvgIpc) is 1.12. The van der Waals surface area contributed by atoms with Gasteiger partial charge in [0.05, 0.1) is 0 Å². The van der Waals surface area contributed by atoms with Gasteiger partial charge in [0.15, 0.2) is 0 Å². The molecule has 0 radical (unpaired) electrons. The zero-order valence-corrected chi connectivity index (χ0v) is 14.5. The fraction of sp³-hybridized carbons (Fsp3) is 0. The monoisotopic (exact) mass is 288 g/mol. The van der Waals surface area contributed by atoms with Crippen molar-refractivity contribution in [3.8, 4) is 0 Å². The molecule has 2 N–H and O–H groups in total. The first-order chi connectivity index (χ1) is 4.00. The zero-order valence-electron chi connectivity index (χ0n) is 6.16. The predicted molar refractivity (Wildman–Crippen MR) is 37.8 cm³/mol. The van der Waals surface area contributed by atoms with E-state index in [0.717, 1.165) is 0 Å². The van der Waals surface area contributed by atoms with Crippen LogP contribution in [0.4, 0.5) is 0 Å². The van der Waals surface area contributed by atoms with Gasteiger partial charge in [-0.05, 0) is 11.2 Å². The molecule has 0 bridgehead atoms. The molecule has 0 rings (SSSR count). The molecular formula is H2KNaO6S4. The van der Waals surface area contributed by atoms with Crippen LogP contribution in [0.5, 0.6) is 0 Å². The normalized spacial score (nSPS) is 9.67. The Bertz CT molecular complexity index is 216. The standard InChI is InChI=1S/K.Na.2H2O3S2/c;;2*1-5(2,3)4/h;;2*(H2,1,2,3,4)/q2*+1;;/p-2. The molecule has 0 saturated carbocycles. The third-order valence-electron chi connectivity index (χ3n) is 0. The largest absolute Gasteiger partial charge is 1.00 e. The second-order valence-corrected chi connectivity index (χ2v) is 5.10. The zero-order chi connectivity index (χ0) is 9.00. The molecule has 0 saturated heterocycles. The van der Waals surface area contributed by atoms with Gasteiger partial charge in [0.2, 0.25) is 0 Å². The quantitative estimate of drug-likeness (QED) is 0.422. The Balaban J connectivity index is -0.0000000457. The smallest absolute Gasteiger partial charge is 0.780 e. The van der Waals surface area contributed by atoms with Gasteiger partial charge in [-0.15, -0.1) is 9.05 Å². The van der Waals surface area contributed by atoms with Gasteiger partial charge >= 0.3 is 80.9 Å². The Morgan fingerprint density at radius 3 is 1.08 bits per heavy atom. The molecule has 64 valence electrons. The van der Waals surface area contributed by atoms with Crippen LogP contribution in [-0.2, 0) is 40.5 Å². The van der Waals surface area contributed by atoms with E-state index >= 15 is 0 Å². The van der Waals surface area contributed by atoms with Crippen LogP contribution < -0.4 is 80.9 Å². The van der Waals surface area contributed by atoms with Gasteiger partial charge in [0, 0.05) is 11.2 Å². The summed E-state index contributed by atoms with van der Waals surface area (Å²) in [6.45, 7) is 0. The molecule has 0 aliphatic carbocycles. The van der Waals surface area contributed by atoms with E-state index in [9.17, 15) is 0 Å². The molecule has 12 heavy (non-hydrogen) atoms. The third kappa shape index (κ3) is 191. The second kappa shape index (κ2) is 10.7. The van der Waals surface area contributed by atoms with Crippen molar-refractivity contribution in [3.05, 3.63) is 0 Å². The third-order valence-corrected chi connectivity index (χ3v) is 0. The molecule has 0 fully saturated rings. The SMILES string of the molecule is O=S(O)(O)=S.O=S([O-])([O-])=S.[K+].[Na+]. The summed E-state index contributed by atoms with van der Waals surface area (Å²) in [7, 11) is -8.17. The maximum atomic E-state index is 9.11. The van der Waals surface area contributed by atoms with Crippen molar-refractivity contribution >= 4 is 40.5 Å². The Kier molecular flexibility index (Phi) is 21.8. The first kappa shape index (κ1) is 24.4. The molecule has 0 aliphatic heterocycles. The fourth-order valence-corrected chi connectivity index (χ4v) is 0. The van der Waals surface area contributed by atoms with Crippen LogP contribution in [0.1, 0.15) is 0 Å². The van der Waals surface area contributed by atoms with E-state index < -0.39 is 18.1 Å². The summed E-state index contributed by atoms with van der Waals surface area (Å²) in [5.74, 6) is 0. The molecular weight excluding hydrogens is 286 g/mol. The van der Waals surface area contributed by atoms with Gasteiger partial charge in [-0.2, -0.15) is 4.21 Å². The van der Waals surface area contributed by atoms with Crippen LogP contribution in [0, 0.1) is 0 Å². The second-order valence-electron chi connectivity index (χ2n) is 0.856. The Morgan fingerprint density at radius 2 is 1.08 bits per heavy atom. The number of rotatable bonds is 0. The van der Waals surface area contributed by atoms with E-state index in [1.165, 1.54) is 0 Å². The average molecular weight is 288 g/mol. The van der Waals surface area contributed by atoms with Crippen LogP contribution >= 0.6 is 0 Å². The fourth-order valence-electron chi connectivity index (χ4n) is 0. The maximum Gasteiger partial charge on any atom is 1.00 e. The minimum Gasteiger partial charge on any atom is -0.780 e. The molecule has 0 aromatic carbocycles. The van der Waals surface area contributed by atoms with Gasteiger partial charge in [-0.25, -0.2) is 0 Å². The van der Waals surface area contributed by atoms with Gasteiger partial charge in [-0.1, -0.05) is 0 Å². The minimum absolute atomic E-state index is 0. The van der Waals surface area contributed by atoms with Crippen LogP contribution in [0.15, 0.2) is 0 Å². The first-order valence-electron chi connectivity index (χ1n) is 1.37. The molecule has 0 aliphatic rings. The molecule has 0 aromatic rings. The van der Waals surface area contributed by atoms with Crippen LogP contribution in [-0.4, -0.2) is 26.6 Å². The van der Waals surface area contributed by atoms with Crippen molar-refractivity contribution in [1.29, 1.82) is 0 Å². The van der Waals surface area contributed by atoms with Gasteiger partial charge < -0.3 is 9.11 Å². The van der Waals surface area contributed by atoms with Gasteiger partial charge in [0.1, 0.15) is 0 Å². The summed E-state index contributed by atoms with van der Waals surface area (Å²) in [6.07, 6.45) is 0. The minimum atomic E-state index is -4.33. The molecule has 6 nitrogen and oxygen atoms in total. The summed E-state index contributed by atoms with van der Waals surface area (Å²) in [6, 6.07) is 0. The molecule has 0 aromatic heterocycles. The summed E-state index contributed by atoms with van der Waals surface area (Å²) >= 11 is 6.71. The van der Waals surface area contributed by atoms with Crippen molar-refractivity contribution in [2.75, 3.05) is 0 Å². The summed E-state index contributed by atoms with van der Waals surface area (Å²) in [5, 5.41) is 0. The van der Waals surface area contributed by atoms with Crippen LogP contribution in [0.25, 0.3) is 0 Å². The Hall–Kier alpha value is 3.22. The maximum absolute atomic E-state index is 9.11. The molecule has 0 unspecified atom stereocenters. The summed E-state index contributed by atoms with van der Waals surface area (Å²) in [5.41, 5.74) is 0. The van der Waals surface area contributed by atoms with E-state index in [4.69, 9.17) is 26.6 Å². The first-order valence-corrected chi connectivity index (χ1v) is 6.10. The Labute approximate surface area is 145 Å². The molecule has 0 atom stereocenters. The van der Waals surface area contributed by atoms with E-state index in [0.29, 0.717) is 0 Å². The van der Waals surface area contributed by atoms with Gasteiger partial charge in [-0.3, -0.25) is 13.3 Å². The van der Waals surface area contributed by atoms with Gasteiger partial charge in [0.25, 0.3) is 9.05 Å². The van der Waals surface area contributed by atoms with Crippen molar-refractivity contribution in [2.24, 2.45) is 0 Å². The molecule has 12 heteroatoms. The van der Waals surface area contributed by atoms with Crippen molar-refractivity contribution in [2.45, 2.75) is 0 Å². The van der Waals surface area contributed by atoms with E-state index in [1.54, 1.807) is 0 Å². The number of hydrogen-bond acceptors (Lipinski definition) is 6.